The van der Waals surface area contributed by atoms with Crippen molar-refractivity contribution < 1.29 is 13.9 Å². The van der Waals surface area contributed by atoms with Gasteiger partial charge < -0.3 is 14.1 Å². The lowest BCUT2D eigenvalue weighted by atomic mass is 10.0. The normalized spacial score (nSPS) is 17.4. The largest absolute Gasteiger partial charge is 0.464 e. The van der Waals surface area contributed by atoms with Crippen molar-refractivity contribution in [2.45, 2.75) is 32.3 Å². The summed E-state index contributed by atoms with van der Waals surface area (Å²) in [6, 6.07) is 15.9. The van der Waals surface area contributed by atoms with E-state index in [1.165, 1.54) is 0 Å². The van der Waals surface area contributed by atoms with Gasteiger partial charge >= 0.3 is 0 Å². The average molecular weight is 363 g/mol. The Labute approximate surface area is 159 Å². The van der Waals surface area contributed by atoms with Crippen LogP contribution in [-0.4, -0.2) is 36.6 Å². The smallest absolute Gasteiger partial charge is 0.253 e. The Bertz CT molecular complexity index is 930. The number of likely N-dealkylation sites (tertiary alicyclic amines) is 1. The summed E-state index contributed by atoms with van der Waals surface area (Å²) in [4.78, 5) is 15.0. The highest BCUT2D eigenvalue weighted by atomic mass is 16.5. The van der Waals surface area contributed by atoms with E-state index in [0.717, 1.165) is 60.1 Å². The van der Waals surface area contributed by atoms with Gasteiger partial charge in [0, 0.05) is 30.6 Å². The van der Waals surface area contributed by atoms with Gasteiger partial charge in [0.25, 0.3) is 5.91 Å². The number of nitrogens with zero attached hydrogens (tertiary/aromatic N) is 1. The number of hydrogen-bond acceptors (Lipinski definition) is 3. The summed E-state index contributed by atoms with van der Waals surface area (Å²) in [5.41, 5.74) is 3.73. The quantitative estimate of drug-likeness (QED) is 0.631. The number of ether oxygens (including phenoxy) is 1. The number of benzene rings is 2. The van der Waals surface area contributed by atoms with E-state index >= 15 is 0 Å². The second-order valence-electron chi connectivity index (χ2n) is 7.14. The number of carbonyl (C=O) groups is 1. The van der Waals surface area contributed by atoms with Crippen molar-refractivity contribution in [2.24, 2.45) is 0 Å². The van der Waals surface area contributed by atoms with Crippen LogP contribution in [0.15, 0.2) is 59.2 Å². The molecule has 1 aliphatic heterocycles. The number of fused-ring (bicyclic) bond motifs is 1. The molecule has 1 unspecified atom stereocenters. The number of furan rings is 1. The minimum absolute atomic E-state index is 0.0889. The molecule has 3 aromatic rings. The number of amides is 1. The molecule has 1 saturated heterocycles. The van der Waals surface area contributed by atoms with Gasteiger partial charge in [-0.25, -0.2) is 0 Å². The van der Waals surface area contributed by atoms with Crippen LogP contribution in [0, 0.1) is 0 Å². The maximum absolute atomic E-state index is 13.0. The fraction of sp³-hybridized carbons (Fsp3) is 0.348. The summed E-state index contributed by atoms with van der Waals surface area (Å²) in [6.07, 6.45) is 4.90. The summed E-state index contributed by atoms with van der Waals surface area (Å²) in [5, 5.41) is 1.07. The first-order valence-corrected chi connectivity index (χ1v) is 9.73. The van der Waals surface area contributed by atoms with Gasteiger partial charge in [-0.15, -0.1) is 0 Å². The summed E-state index contributed by atoms with van der Waals surface area (Å²) >= 11 is 0. The summed E-state index contributed by atoms with van der Waals surface area (Å²) in [7, 11) is 0. The third kappa shape index (κ3) is 3.91. The van der Waals surface area contributed by atoms with Crippen molar-refractivity contribution in [3.8, 4) is 11.1 Å². The Balaban J connectivity index is 1.53. The molecule has 27 heavy (non-hydrogen) atoms. The molecule has 0 saturated carbocycles. The summed E-state index contributed by atoms with van der Waals surface area (Å²) < 4.78 is 11.3. The second kappa shape index (κ2) is 7.97. The van der Waals surface area contributed by atoms with E-state index in [1.54, 1.807) is 6.26 Å². The Morgan fingerprint density at radius 1 is 1.19 bits per heavy atom. The van der Waals surface area contributed by atoms with Crippen LogP contribution in [0.3, 0.4) is 0 Å². The molecular weight excluding hydrogens is 338 g/mol. The Morgan fingerprint density at radius 2 is 2.07 bits per heavy atom. The minimum atomic E-state index is 0.0889. The molecule has 140 valence electrons. The van der Waals surface area contributed by atoms with E-state index in [9.17, 15) is 4.79 Å². The summed E-state index contributed by atoms with van der Waals surface area (Å²) in [6.45, 7) is 4.36. The van der Waals surface area contributed by atoms with Gasteiger partial charge in [-0.2, -0.15) is 0 Å². The van der Waals surface area contributed by atoms with Gasteiger partial charge in [0.05, 0.1) is 12.4 Å². The Kier molecular flexibility index (Phi) is 5.26. The third-order valence-corrected chi connectivity index (χ3v) is 5.12. The molecule has 1 amide bonds. The van der Waals surface area contributed by atoms with Gasteiger partial charge in [-0.05, 0) is 60.7 Å². The van der Waals surface area contributed by atoms with E-state index < -0.39 is 0 Å². The first-order chi connectivity index (χ1) is 13.2. The van der Waals surface area contributed by atoms with Crippen molar-refractivity contribution >= 4 is 16.9 Å². The van der Waals surface area contributed by atoms with Crippen molar-refractivity contribution in [3.63, 3.8) is 0 Å². The molecule has 4 rings (SSSR count). The van der Waals surface area contributed by atoms with E-state index in [2.05, 4.69) is 13.0 Å². The molecule has 4 heteroatoms. The molecule has 0 aliphatic carbocycles. The Hall–Kier alpha value is -2.59. The molecule has 0 radical (unpaired) electrons. The van der Waals surface area contributed by atoms with Gasteiger partial charge in [-0.1, -0.05) is 25.1 Å². The highest BCUT2D eigenvalue weighted by Gasteiger charge is 2.25. The molecule has 1 fully saturated rings. The van der Waals surface area contributed by atoms with Crippen LogP contribution >= 0.6 is 0 Å². The van der Waals surface area contributed by atoms with Gasteiger partial charge in [0.2, 0.25) is 0 Å². The lowest BCUT2D eigenvalue weighted by molar-refractivity contribution is 0.00211. The lowest BCUT2D eigenvalue weighted by Crippen LogP contribution is -2.43. The number of hydrogen-bond donors (Lipinski definition) is 0. The molecule has 4 nitrogen and oxygen atoms in total. The Morgan fingerprint density at radius 3 is 2.96 bits per heavy atom. The van der Waals surface area contributed by atoms with Crippen LogP contribution in [-0.2, 0) is 4.74 Å². The fourth-order valence-electron chi connectivity index (χ4n) is 3.70. The molecule has 0 spiro atoms. The van der Waals surface area contributed by atoms with Crippen molar-refractivity contribution in [1.82, 2.24) is 4.90 Å². The van der Waals surface area contributed by atoms with Crippen molar-refractivity contribution in [2.75, 3.05) is 19.7 Å². The maximum Gasteiger partial charge on any atom is 0.253 e. The molecule has 1 atom stereocenters. The van der Waals surface area contributed by atoms with Crippen molar-refractivity contribution in [3.05, 3.63) is 60.4 Å². The number of carbonyl (C=O) groups excluding carboxylic acids is 1. The minimum Gasteiger partial charge on any atom is -0.464 e. The lowest BCUT2D eigenvalue weighted by Gasteiger charge is -2.32. The molecular formula is C23H25NO3. The molecule has 2 aromatic carbocycles. The van der Waals surface area contributed by atoms with Gasteiger partial charge in [-0.3, -0.25) is 4.79 Å². The number of piperidine rings is 1. The second-order valence-corrected chi connectivity index (χ2v) is 7.14. The van der Waals surface area contributed by atoms with E-state index in [1.807, 2.05) is 47.4 Å². The van der Waals surface area contributed by atoms with Crippen LogP contribution < -0.4 is 0 Å². The van der Waals surface area contributed by atoms with Crippen molar-refractivity contribution in [1.29, 1.82) is 0 Å². The fourth-order valence-corrected chi connectivity index (χ4v) is 3.70. The molecule has 1 aliphatic rings. The van der Waals surface area contributed by atoms with Gasteiger partial charge in [0.15, 0.2) is 0 Å². The van der Waals surface area contributed by atoms with E-state index in [-0.39, 0.29) is 12.0 Å². The molecule has 1 aromatic heterocycles. The summed E-state index contributed by atoms with van der Waals surface area (Å²) in [5.74, 6) is 0.0889. The van der Waals surface area contributed by atoms with Crippen LogP contribution in [0.25, 0.3) is 22.1 Å². The zero-order valence-electron chi connectivity index (χ0n) is 15.7. The first-order valence-electron chi connectivity index (χ1n) is 9.73. The van der Waals surface area contributed by atoms with Crippen LogP contribution in [0.1, 0.15) is 36.5 Å². The maximum atomic E-state index is 13.0. The molecule has 2 heterocycles. The highest BCUT2D eigenvalue weighted by Crippen LogP contribution is 2.26. The van der Waals surface area contributed by atoms with Gasteiger partial charge in [0.1, 0.15) is 5.58 Å². The topological polar surface area (TPSA) is 42.7 Å². The average Bonchev–Trinajstić information content (AvgIpc) is 3.20. The SMILES string of the molecule is CCCOC1CCCN(C(=O)c2cccc(-c3ccc4occc4c3)c2)C1. The standard InChI is InChI=1S/C23H25NO3/c1-2-12-26-21-7-4-11-24(16-21)23(25)20-6-3-5-17(15-20)18-8-9-22-19(14-18)10-13-27-22/h3,5-6,8-10,13-15,21H,2,4,7,11-12,16H2,1H3. The number of rotatable bonds is 5. The third-order valence-electron chi connectivity index (χ3n) is 5.12. The predicted octanol–water partition coefficient (Wildman–Crippen LogP) is 5.13. The van der Waals surface area contributed by atoms with E-state index in [4.69, 9.17) is 9.15 Å². The first kappa shape index (κ1) is 17.8. The van der Waals surface area contributed by atoms with Crippen LogP contribution in [0.5, 0.6) is 0 Å². The van der Waals surface area contributed by atoms with Crippen LogP contribution in [0.2, 0.25) is 0 Å². The monoisotopic (exact) mass is 363 g/mol. The zero-order valence-corrected chi connectivity index (χ0v) is 15.7. The van der Waals surface area contributed by atoms with E-state index in [0.29, 0.717) is 6.54 Å². The molecule has 0 bridgehead atoms. The highest BCUT2D eigenvalue weighted by molar-refractivity contribution is 5.96. The zero-order chi connectivity index (χ0) is 18.6. The molecule has 0 N–H and O–H groups in total. The van der Waals surface area contributed by atoms with Crippen LogP contribution in [0.4, 0.5) is 0 Å². The predicted molar refractivity (Wildman–Crippen MR) is 107 cm³/mol.